The molecule has 3 aromatic carbocycles. The summed E-state index contributed by atoms with van der Waals surface area (Å²) in [5, 5.41) is 22.4. The summed E-state index contributed by atoms with van der Waals surface area (Å²) in [6, 6.07) is 18.7. The number of phenols is 1. The Labute approximate surface area is 158 Å². The molecule has 0 atom stereocenters. The van der Waals surface area contributed by atoms with Gasteiger partial charge in [0.15, 0.2) is 0 Å². The Balaban J connectivity index is 1.84. The van der Waals surface area contributed by atoms with Crippen molar-refractivity contribution in [2.75, 3.05) is 5.32 Å². The van der Waals surface area contributed by atoms with Gasteiger partial charge in [-0.25, -0.2) is 4.79 Å². The monoisotopic (exact) mass is 362 g/mol. The zero-order valence-corrected chi connectivity index (χ0v) is 15.1. The average molecular weight is 362 g/mol. The Morgan fingerprint density at radius 1 is 1.00 bits per heavy atom. The van der Waals surface area contributed by atoms with Crippen LogP contribution in [0.2, 0.25) is 0 Å². The lowest BCUT2D eigenvalue weighted by Crippen LogP contribution is -2.02. The van der Waals surface area contributed by atoms with Crippen LogP contribution in [0.5, 0.6) is 5.75 Å². The molecule has 0 aliphatic heterocycles. The molecule has 3 rings (SSSR count). The molecule has 5 N–H and O–H groups in total. The van der Waals surface area contributed by atoms with Gasteiger partial charge in [-0.2, -0.15) is 0 Å². The van der Waals surface area contributed by atoms with Crippen LogP contribution in [0.3, 0.4) is 0 Å². The van der Waals surface area contributed by atoms with E-state index in [4.69, 9.17) is 10.8 Å². The fourth-order valence-corrected chi connectivity index (χ4v) is 3.04. The van der Waals surface area contributed by atoms with Crippen LogP contribution >= 0.6 is 0 Å². The van der Waals surface area contributed by atoms with Crippen molar-refractivity contribution in [3.05, 3.63) is 82.9 Å². The van der Waals surface area contributed by atoms with E-state index in [1.54, 1.807) is 6.07 Å². The van der Waals surface area contributed by atoms with Crippen molar-refractivity contribution >= 4 is 11.7 Å². The summed E-state index contributed by atoms with van der Waals surface area (Å²) in [5.74, 6) is -1.38. The molecule has 0 fully saturated rings. The second kappa shape index (κ2) is 7.93. The van der Waals surface area contributed by atoms with E-state index in [-0.39, 0.29) is 11.3 Å². The van der Waals surface area contributed by atoms with Crippen LogP contribution in [-0.4, -0.2) is 16.2 Å². The van der Waals surface area contributed by atoms with Gasteiger partial charge in [0.05, 0.1) is 0 Å². The number of carboxylic acid groups (broad SMARTS) is 1. The van der Waals surface area contributed by atoms with E-state index in [0.29, 0.717) is 13.1 Å². The Hall–Kier alpha value is -3.31. The number of carboxylic acids is 1. The van der Waals surface area contributed by atoms with E-state index >= 15 is 0 Å². The zero-order valence-electron chi connectivity index (χ0n) is 15.1. The molecule has 0 aliphatic rings. The van der Waals surface area contributed by atoms with Crippen LogP contribution in [-0.2, 0) is 13.1 Å². The van der Waals surface area contributed by atoms with E-state index < -0.39 is 5.97 Å². The van der Waals surface area contributed by atoms with Gasteiger partial charge in [-0.05, 0) is 59.5 Å². The maximum absolute atomic E-state index is 11.1. The Morgan fingerprint density at radius 3 is 2.52 bits per heavy atom. The van der Waals surface area contributed by atoms with E-state index in [9.17, 15) is 9.90 Å². The van der Waals surface area contributed by atoms with Gasteiger partial charge < -0.3 is 21.3 Å². The molecular formula is C22H22N2O3. The number of benzene rings is 3. The summed E-state index contributed by atoms with van der Waals surface area (Å²) in [7, 11) is 0. The second-order valence-electron chi connectivity index (χ2n) is 6.50. The third-order valence-corrected chi connectivity index (χ3v) is 4.36. The fraction of sp³-hybridized carbons (Fsp3) is 0.136. The minimum absolute atomic E-state index is 0.104. The van der Waals surface area contributed by atoms with Gasteiger partial charge >= 0.3 is 5.97 Å². The van der Waals surface area contributed by atoms with Crippen LogP contribution in [0.15, 0.2) is 60.7 Å². The summed E-state index contributed by atoms with van der Waals surface area (Å²) in [5.41, 5.74) is 11.5. The Kier molecular flexibility index (Phi) is 5.43. The summed E-state index contributed by atoms with van der Waals surface area (Å²) in [6.45, 7) is 3.15. The maximum Gasteiger partial charge on any atom is 0.339 e. The van der Waals surface area contributed by atoms with Gasteiger partial charge in [-0.15, -0.1) is 0 Å². The lowest BCUT2D eigenvalue weighted by Gasteiger charge is -2.12. The molecule has 3 aromatic rings. The van der Waals surface area contributed by atoms with Gasteiger partial charge in [-0.3, -0.25) is 0 Å². The van der Waals surface area contributed by atoms with Crippen molar-refractivity contribution in [1.82, 2.24) is 0 Å². The Morgan fingerprint density at radius 2 is 1.81 bits per heavy atom. The number of aryl methyl sites for hydroxylation is 1. The highest BCUT2D eigenvalue weighted by Gasteiger charge is 2.11. The summed E-state index contributed by atoms with van der Waals surface area (Å²) < 4.78 is 0. The van der Waals surface area contributed by atoms with Gasteiger partial charge in [0.25, 0.3) is 0 Å². The molecule has 0 unspecified atom stereocenters. The smallest absolute Gasteiger partial charge is 0.339 e. The third-order valence-electron chi connectivity index (χ3n) is 4.36. The molecule has 0 saturated carbocycles. The standard InChI is InChI=1S/C22H22N2O3/c1-14-7-16(13-24-19-4-2-3-15(10-19)12-23)9-18(8-14)17-5-6-20(22(26)27)21(25)11-17/h2-11,24-25H,12-13,23H2,1H3,(H,26,27). The van der Waals surface area contributed by atoms with Crippen molar-refractivity contribution in [3.63, 3.8) is 0 Å². The highest BCUT2D eigenvalue weighted by Crippen LogP contribution is 2.28. The SMILES string of the molecule is Cc1cc(CNc2cccc(CN)c2)cc(-c2ccc(C(=O)O)c(O)c2)c1. The number of rotatable bonds is 6. The molecule has 138 valence electrons. The van der Waals surface area contributed by atoms with Crippen LogP contribution in [0.1, 0.15) is 27.0 Å². The second-order valence-corrected chi connectivity index (χ2v) is 6.50. The van der Waals surface area contributed by atoms with E-state index in [0.717, 1.165) is 33.5 Å². The molecule has 5 heteroatoms. The summed E-state index contributed by atoms with van der Waals surface area (Å²) >= 11 is 0. The average Bonchev–Trinajstić information content (AvgIpc) is 2.65. The molecular weight excluding hydrogens is 340 g/mol. The number of aromatic hydroxyl groups is 1. The molecule has 0 heterocycles. The number of nitrogens with two attached hydrogens (primary N) is 1. The van der Waals surface area contributed by atoms with Gasteiger partial charge in [0, 0.05) is 18.8 Å². The lowest BCUT2D eigenvalue weighted by atomic mass is 9.98. The number of hydrogen-bond donors (Lipinski definition) is 4. The third kappa shape index (κ3) is 4.46. The quantitative estimate of drug-likeness (QED) is 0.529. The summed E-state index contributed by atoms with van der Waals surface area (Å²) in [4.78, 5) is 11.1. The Bertz CT molecular complexity index is 983. The maximum atomic E-state index is 11.1. The predicted octanol–water partition coefficient (Wildman–Crippen LogP) is 4.14. The number of hydrogen-bond acceptors (Lipinski definition) is 4. The highest BCUT2D eigenvalue weighted by molar-refractivity contribution is 5.91. The predicted molar refractivity (Wildman–Crippen MR) is 107 cm³/mol. The van der Waals surface area contributed by atoms with E-state index in [1.807, 2.05) is 43.3 Å². The first kappa shape index (κ1) is 18.5. The van der Waals surface area contributed by atoms with E-state index in [2.05, 4.69) is 11.4 Å². The first-order valence-electron chi connectivity index (χ1n) is 8.66. The van der Waals surface area contributed by atoms with Crippen LogP contribution < -0.4 is 11.1 Å². The van der Waals surface area contributed by atoms with Crippen LogP contribution in [0, 0.1) is 6.92 Å². The largest absolute Gasteiger partial charge is 0.507 e. The zero-order chi connectivity index (χ0) is 19.4. The number of aromatic carboxylic acids is 1. The normalized spacial score (nSPS) is 10.6. The highest BCUT2D eigenvalue weighted by atomic mass is 16.4. The molecule has 0 amide bonds. The first-order valence-corrected chi connectivity index (χ1v) is 8.66. The molecule has 5 nitrogen and oxygen atoms in total. The number of anilines is 1. The molecule has 0 radical (unpaired) electrons. The van der Waals surface area contributed by atoms with Crippen molar-refractivity contribution < 1.29 is 15.0 Å². The van der Waals surface area contributed by atoms with E-state index in [1.165, 1.54) is 12.1 Å². The molecule has 0 aliphatic carbocycles. The minimum Gasteiger partial charge on any atom is -0.507 e. The van der Waals surface area contributed by atoms with Gasteiger partial charge in [0.1, 0.15) is 11.3 Å². The topological polar surface area (TPSA) is 95.6 Å². The van der Waals surface area contributed by atoms with Gasteiger partial charge in [-0.1, -0.05) is 35.9 Å². The first-order chi connectivity index (χ1) is 13.0. The molecule has 0 bridgehead atoms. The van der Waals surface area contributed by atoms with Crippen molar-refractivity contribution in [2.45, 2.75) is 20.0 Å². The van der Waals surface area contributed by atoms with Crippen molar-refractivity contribution in [2.24, 2.45) is 5.73 Å². The number of nitrogens with one attached hydrogen (secondary N) is 1. The minimum atomic E-state index is -1.15. The number of carbonyl (C=O) groups is 1. The van der Waals surface area contributed by atoms with Gasteiger partial charge in [0.2, 0.25) is 0 Å². The molecule has 27 heavy (non-hydrogen) atoms. The van der Waals surface area contributed by atoms with Crippen molar-refractivity contribution in [3.8, 4) is 16.9 Å². The molecule has 0 aromatic heterocycles. The molecule has 0 spiro atoms. The van der Waals surface area contributed by atoms with Crippen LogP contribution in [0.4, 0.5) is 5.69 Å². The molecule has 0 saturated heterocycles. The lowest BCUT2D eigenvalue weighted by molar-refractivity contribution is 0.0694. The van der Waals surface area contributed by atoms with Crippen LogP contribution in [0.25, 0.3) is 11.1 Å². The fourth-order valence-electron chi connectivity index (χ4n) is 3.04. The van der Waals surface area contributed by atoms with Crippen molar-refractivity contribution in [1.29, 1.82) is 0 Å². The summed E-state index contributed by atoms with van der Waals surface area (Å²) in [6.07, 6.45) is 0.